The number of hydrogen-bond acceptors (Lipinski definition) is 2. The number of para-hydroxylation sites is 1. The first kappa shape index (κ1) is 14.4. The van der Waals surface area contributed by atoms with Crippen LogP contribution in [0.3, 0.4) is 0 Å². The zero-order valence-corrected chi connectivity index (χ0v) is 12.3. The largest absolute Gasteiger partial charge is 0.494 e. The molecule has 0 spiro atoms. The van der Waals surface area contributed by atoms with E-state index in [2.05, 4.69) is 13.8 Å². The lowest BCUT2D eigenvalue weighted by atomic mass is 9.68. The Labute approximate surface area is 117 Å². The third-order valence-electron chi connectivity index (χ3n) is 4.43. The summed E-state index contributed by atoms with van der Waals surface area (Å²) in [5.41, 5.74) is 7.04. The van der Waals surface area contributed by atoms with E-state index < -0.39 is 0 Å². The van der Waals surface area contributed by atoms with Crippen LogP contribution in [0.25, 0.3) is 0 Å². The van der Waals surface area contributed by atoms with Crippen LogP contribution in [0.4, 0.5) is 0 Å². The summed E-state index contributed by atoms with van der Waals surface area (Å²) in [7, 11) is 0. The van der Waals surface area contributed by atoms with Gasteiger partial charge >= 0.3 is 0 Å². The third-order valence-corrected chi connectivity index (χ3v) is 4.43. The summed E-state index contributed by atoms with van der Waals surface area (Å²) < 4.78 is 5.73. The topological polar surface area (TPSA) is 35.2 Å². The zero-order chi connectivity index (χ0) is 13.8. The van der Waals surface area contributed by atoms with Crippen LogP contribution in [0.2, 0.25) is 0 Å². The van der Waals surface area contributed by atoms with Gasteiger partial charge in [-0.2, -0.15) is 0 Å². The number of ether oxygens (including phenoxy) is 1. The highest BCUT2D eigenvalue weighted by molar-refractivity contribution is 5.20. The minimum absolute atomic E-state index is 0.0512. The summed E-state index contributed by atoms with van der Waals surface area (Å²) in [4.78, 5) is 0. The highest BCUT2D eigenvalue weighted by atomic mass is 16.5. The first-order chi connectivity index (χ1) is 8.99. The average Bonchev–Trinajstić information content (AvgIpc) is 2.40. The van der Waals surface area contributed by atoms with Gasteiger partial charge < -0.3 is 10.5 Å². The predicted molar refractivity (Wildman–Crippen MR) is 80.3 cm³/mol. The molecule has 0 saturated heterocycles. The molecule has 0 atom stereocenters. The number of rotatable bonds is 5. The molecule has 0 heterocycles. The van der Waals surface area contributed by atoms with E-state index in [9.17, 15) is 0 Å². The maximum Gasteiger partial charge on any atom is 0.119 e. The lowest BCUT2D eigenvalue weighted by Crippen LogP contribution is -2.45. The lowest BCUT2D eigenvalue weighted by molar-refractivity contribution is 0.150. The van der Waals surface area contributed by atoms with E-state index in [-0.39, 0.29) is 5.54 Å². The molecule has 2 rings (SSSR count). The average molecular weight is 261 g/mol. The summed E-state index contributed by atoms with van der Waals surface area (Å²) in [6.07, 6.45) is 6.95. The monoisotopic (exact) mass is 261 g/mol. The molecule has 2 heteroatoms. The first-order valence-corrected chi connectivity index (χ1v) is 7.46. The van der Waals surface area contributed by atoms with Crippen molar-refractivity contribution in [3.63, 3.8) is 0 Å². The van der Waals surface area contributed by atoms with Crippen molar-refractivity contribution in [3.8, 4) is 5.75 Å². The van der Waals surface area contributed by atoms with Crippen molar-refractivity contribution in [2.24, 2.45) is 11.1 Å². The fourth-order valence-electron chi connectivity index (χ4n) is 2.81. The van der Waals surface area contributed by atoms with E-state index in [0.29, 0.717) is 5.41 Å². The van der Waals surface area contributed by atoms with Crippen molar-refractivity contribution in [2.75, 3.05) is 6.61 Å². The van der Waals surface area contributed by atoms with Gasteiger partial charge in [0.05, 0.1) is 6.61 Å². The van der Waals surface area contributed by atoms with Gasteiger partial charge in [-0.3, -0.25) is 0 Å². The highest BCUT2D eigenvalue weighted by Crippen LogP contribution is 2.40. The molecular formula is C17H27NO. The second-order valence-electron chi connectivity index (χ2n) is 6.79. The van der Waals surface area contributed by atoms with E-state index in [4.69, 9.17) is 10.5 Å². The Morgan fingerprint density at radius 3 is 2.32 bits per heavy atom. The van der Waals surface area contributed by atoms with Gasteiger partial charge in [0.1, 0.15) is 5.75 Å². The Morgan fingerprint density at radius 1 is 1.05 bits per heavy atom. The van der Waals surface area contributed by atoms with Gasteiger partial charge in [-0.1, -0.05) is 32.0 Å². The van der Waals surface area contributed by atoms with Crippen LogP contribution in [0.5, 0.6) is 5.75 Å². The Bertz CT molecular complexity index is 376. The lowest BCUT2D eigenvalue weighted by Gasteiger charge is -2.41. The molecule has 1 fully saturated rings. The molecule has 2 N–H and O–H groups in total. The quantitative estimate of drug-likeness (QED) is 0.808. The third kappa shape index (κ3) is 4.54. The molecule has 0 unspecified atom stereocenters. The van der Waals surface area contributed by atoms with Gasteiger partial charge in [0.2, 0.25) is 0 Å². The molecule has 1 aromatic carbocycles. The minimum atomic E-state index is 0.0512. The molecule has 2 nitrogen and oxygen atoms in total. The summed E-state index contributed by atoms with van der Waals surface area (Å²) in [6.45, 7) is 5.47. The Balaban J connectivity index is 1.68. The molecule has 1 aliphatic carbocycles. The van der Waals surface area contributed by atoms with Gasteiger partial charge in [0.15, 0.2) is 0 Å². The van der Waals surface area contributed by atoms with Crippen LogP contribution in [0, 0.1) is 5.41 Å². The SMILES string of the molecule is CC1(C)CCC(N)(CCCOc2ccccc2)CC1. The normalized spacial score (nSPS) is 21.0. The van der Waals surface area contributed by atoms with Gasteiger partial charge in [0, 0.05) is 5.54 Å². The maximum absolute atomic E-state index is 6.50. The van der Waals surface area contributed by atoms with Crippen molar-refractivity contribution < 1.29 is 4.74 Å². The van der Waals surface area contributed by atoms with Gasteiger partial charge in [-0.15, -0.1) is 0 Å². The van der Waals surface area contributed by atoms with Crippen LogP contribution in [0.1, 0.15) is 52.4 Å². The van der Waals surface area contributed by atoms with Crippen molar-refractivity contribution >= 4 is 0 Å². The predicted octanol–water partition coefficient (Wildman–Crippen LogP) is 4.14. The standard InChI is InChI=1S/C17H27NO/c1-16(2)10-12-17(18,13-11-16)9-6-14-19-15-7-4-3-5-8-15/h3-5,7-8H,6,9-14,18H2,1-2H3. The smallest absolute Gasteiger partial charge is 0.119 e. The number of benzene rings is 1. The van der Waals surface area contributed by atoms with Crippen molar-refractivity contribution in [2.45, 2.75) is 57.9 Å². The molecule has 0 aliphatic heterocycles. The molecule has 0 bridgehead atoms. The molecular weight excluding hydrogens is 234 g/mol. The first-order valence-electron chi connectivity index (χ1n) is 7.46. The van der Waals surface area contributed by atoms with E-state index in [1.807, 2.05) is 30.3 Å². The van der Waals surface area contributed by atoms with Crippen molar-refractivity contribution in [1.82, 2.24) is 0 Å². The Morgan fingerprint density at radius 2 is 1.68 bits per heavy atom. The van der Waals surface area contributed by atoms with E-state index in [1.54, 1.807) is 0 Å². The van der Waals surface area contributed by atoms with Gasteiger partial charge in [0.25, 0.3) is 0 Å². The summed E-state index contributed by atoms with van der Waals surface area (Å²) in [5, 5.41) is 0. The van der Waals surface area contributed by atoms with E-state index in [1.165, 1.54) is 12.8 Å². The number of hydrogen-bond donors (Lipinski definition) is 1. The molecule has 1 aromatic rings. The van der Waals surface area contributed by atoms with Crippen LogP contribution in [-0.4, -0.2) is 12.1 Å². The van der Waals surface area contributed by atoms with Crippen LogP contribution >= 0.6 is 0 Å². The Kier molecular flexibility index (Phi) is 4.51. The minimum Gasteiger partial charge on any atom is -0.494 e. The fourth-order valence-corrected chi connectivity index (χ4v) is 2.81. The maximum atomic E-state index is 6.50. The second-order valence-corrected chi connectivity index (χ2v) is 6.79. The number of nitrogens with two attached hydrogens (primary N) is 1. The van der Waals surface area contributed by atoms with Gasteiger partial charge in [-0.25, -0.2) is 0 Å². The molecule has 1 aliphatic rings. The van der Waals surface area contributed by atoms with E-state index >= 15 is 0 Å². The molecule has 0 amide bonds. The van der Waals surface area contributed by atoms with Crippen LogP contribution in [0.15, 0.2) is 30.3 Å². The van der Waals surface area contributed by atoms with Crippen molar-refractivity contribution in [1.29, 1.82) is 0 Å². The highest BCUT2D eigenvalue weighted by Gasteiger charge is 2.34. The van der Waals surface area contributed by atoms with E-state index in [0.717, 1.165) is 38.0 Å². The fraction of sp³-hybridized carbons (Fsp3) is 0.647. The summed E-state index contributed by atoms with van der Waals surface area (Å²) in [5.74, 6) is 0.957. The van der Waals surface area contributed by atoms with Crippen LogP contribution in [-0.2, 0) is 0 Å². The Hall–Kier alpha value is -1.02. The second kappa shape index (κ2) is 5.96. The molecule has 1 saturated carbocycles. The summed E-state index contributed by atoms with van der Waals surface area (Å²) in [6, 6.07) is 10.0. The summed E-state index contributed by atoms with van der Waals surface area (Å²) >= 11 is 0. The van der Waals surface area contributed by atoms with Gasteiger partial charge in [-0.05, 0) is 56.1 Å². The molecule has 106 valence electrons. The molecule has 0 aromatic heterocycles. The molecule has 19 heavy (non-hydrogen) atoms. The van der Waals surface area contributed by atoms with Crippen molar-refractivity contribution in [3.05, 3.63) is 30.3 Å². The van der Waals surface area contributed by atoms with Crippen LogP contribution < -0.4 is 10.5 Å². The zero-order valence-electron chi connectivity index (χ0n) is 12.3. The molecule has 0 radical (unpaired) electrons.